The number of carbonyl (C=O) groups excluding carboxylic acids is 2. The number of rotatable bonds is 5. The molecular formula is C16H23ClN4O2. The number of halogens is 1. The highest BCUT2D eigenvalue weighted by Gasteiger charge is 2.18. The zero-order valence-electron chi connectivity index (χ0n) is 13.6. The number of nitrogens with one attached hydrogen (secondary N) is 2. The van der Waals surface area contributed by atoms with Crippen LogP contribution in [0.2, 0.25) is 5.02 Å². The van der Waals surface area contributed by atoms with E-state index in [0.29, 0.717) is 10.7 Å². The van der Waals surface area contributed by atoms with Crippen molar-refractivity contribution in [3.8, 4) is 0 Å². The summed E-state index contributed by atoms with van der Waals surface area (Å²) >= 11 is 6.04. The number of hydrogen-bond donors (Lipinski definition) is 2. The minimum absolute atomic E-state index is 0.0557. The summed E-state index contributed by atoms with van der Waals surface area (Å²) in [5, 5.41) is 6.62. The van der Waals surface area contributed by atoms with Crippen LogP contribution in [0.15, 0.2) is 18.2 Å². The molecule has 1 aromatic carbocycles. The monoisotopic (exact) mass is 338 g/mol. The largest absolute Gasteiger partial charge is 0.339 e. The van der Waals surface area contributed by atoms with E-state index in [0.717, 1.165) is 31.7 Å². The summed E-state index contributed by atoms with van der Waals surface area (Å²) in [5.41, 5.74) is 1.62. The molecule has 2 N–H and O–H groups in total. The topological polar surface area (TPSA) is 64.7 Å². The first kappa shape index (κ1) is 17.7. The standard InChI is InChI=1S/C16H23ClN4O2/c1-12-3-4-13(9-14(12)17)19-15(22)10-20(2)11-16(23)21-7-5-18-6-8-21/h3-4,9,18H,5-8,10-11H2,1-2H3,(H,19,22). The first-order valence-corrected chi connectivity index (χ1v) is 8.06. The third-order valence-corrected chi connectivity index (χ3v) is 4.15. The van der Waals surface area contributed by atoms with E-state index in [1.54, 1.807) is 18.0 Å². The van der Waals surface area contributed by atoms with Crippen molar-refractivity contribution in [2.75, 3.05) is 51.6 Å². The Morgan fingerprint density at radius 1 is 1.30 bits per heavy atom. The van der Waals surface area contributed by atoms with Gasteiger partial charge in [0, 0.05) is 36.9 Å². The molecule has 1 fully saturated rings. The number of hydrogen-bond acceptors (Lipinski definition) is 4. The van der Waals surface area contributed by atoms with Crippen molar-refractivity contribution in [2.24, 2.45) is 0 Å². The van der Waals surface area contributed by atoms with Crippen LogP contribution in [0.1, 0.15) is 5.56 Å². The summed E-state index contributed by atoms with van der Waals surface area (Å²) < 4.78 is 0. The van der Waals surface area contributed by atoms with Crippen LogP contribution in [0.25, 0.3) is 0 Å². The molecule has 7 heteroatoms. The summed E-state index contributed by atoms with van der Waals surface area (Å²) in [6.07, 6.45) is 0. The Morgan fingerprint density at radius 3 is 2.65 bits per heavy atom. The van der Waals surface area contributed by atoms with Gasteiger partial charge in [-0.1, -0.05) is 17.7 Å². The fraction of sp³-hybridized carbons (Fsp3) is 0.500. The molecule has 0 unspecified atom stereocenters. The number of carbonyl (C=O) groups is 2. The molecule has 0 spiro atoms. The first-order valence-electron chi connectivity index (χ1n) is 7.69. The van der Waals surface area contributed by atoms with Gasteiger partial charge < -0.3 is 15.5 Å². The Morgan fingerprint density at radius 2 is 2.00 bits per heavy atom. The highest BCUT2D eigenvalue weighted by Crippen LogP contribution is 2.19. The SMILES string of the molecule is Cc1ccc(NC(=O)CN(C)CC(=O)N2CCNCC2)cc1Cl. The Kier molecular flexibility index (Phi) is 6.38. The number of likely N-dealkylation sites (N-methyl/N-ethyl adjacent to an activating group) is 1. The van der Waals surface area contributed by atoms with Gasteiger partial charge in [-0.3, -0.25) is 14.5 Å². The average Bonchev–Trinajstić information content (AvgIpc) is 2.51. The lowest BCUT2D eigenvalue weighted by molar-refractivity contribution is -0.133. The van der Waals surface area contributed by atoms with E-state index in [1.807, 2.05) is 24.0 Å². The number of amides is 2. The van der Waals surface area contributed by atoms with Crippen molar-refractivity contribution in [3.63, 3.8) is 0 Å². The number of aryl methyl sites for hydroxylation is 1. The van der Waals surface area contributed by atoms with Gasteiger partial charge in [0.25, 0.3) is 0 Å². The Bertz CT molecular complexity index is 573. The van der Waals surface area contributed by atoms with Crippen LogP contribution in [-0.4, -0.2) is 67.9 Å². The van der Waals surface area contributed by atoms with Crippen LogP contribution in [-0.2, 0) is 9.59 Å². The van der Waals surface area contributed by atoms with Gasteiger partial charge >= 0.3 is 0 Å². The molecule has 0 atom stereocenters. The molecule has 0 aliphatic carbocycles. The van der Waals surface area contributed by atoms with Crippen molar-refractivity contribution < 1.29 is 9.59 Å². The zero-order chi connectivity index (χ0) is 16.8. The van der Waals surface area contributed by atoms with Gasteiger partial charge in [0.05, 0.1) is 13.1 Å². The maximum Gasteiger partial charge on any atom is 0.238 e. The highest BCUT2D eigenvalue weighted by molar-refractivity contribution is 6.31. The molecule has 126 valence electrons. The van der Waals surface area contributed by atoms with Gasteiger partial charge in [-0.25, -0.2) is 0 Å². The second kappa shape index (κ2) is 8.29. The number of piperazine rings is 1. The second-order valence-electron chi connectivity index (χ2n) is 5.82. The predicted octanol–water partition coefficient (Wildman–Crippen LogP) is 0.951. The molecule has 1 saturated heterocycles. The number of nitrogens with zero attached hydrogens (tertiary/aromatic N) is 2. The van der Waals surface area contributed by atoms with Crippen LogP contribution in [0, 0.1) is 6.92 Å². The Balaban J connectivity index is 1.79. The van der Waals surface area contributed by atoms with Crippen molar-refractivity contribution in [3.05, 3.63) is 28.8 Å². The molecule has 1 aromatic rings. The Hall–Kier alpha value is -1.63. The molecule has 0 aromatic heterocycles. The van der Waals surface area contributed by atoms with E-state index in [1.165, 1.54) is 0 Å². The molecule has 1 aliphatic rings. The van der Waals surface area contributed by atoms with E-state index >= 15 is 0 Å². The van der Waals surface area contributed by atoms with Crippen LogP contribution in [0.5, 0.6) is 0 Å². The van der Waals surface area contributed by atoms with Crippen LogP contribution in [0.4, 0.5) is 5.69 Å². The average molecular weight is 339 g/mol. The van der Waals surface area contributed by atoms with Crippen LogP contribution < -0.4 is 10.6 Å². The predicted molar refractivity (Wildman–Crippen MR) is 91.8 cm³/mol. The van der Waals surface area contributed by atoms with E-state index in [9.17, 15) is 9.59 Å². The molecule has 2 rings (SSSR count). The molecule has 6 nitrogen and oxygen atoms in total. The number of benzene rings is 1. The lowest BCUT2D eigenvalue weighted by atomic mass is 10.2. The molecule has 23 heavy (non-hydrogen) atoms. The van der Waals surface area contributed by atoms with E-state index in [2.05, 4.69) is 10.6 Å². The van der Waals surface area contributed by atoms with Gasteiger partial charge in [0.1, 0.15) is 0 Å². The lowest BCUT2D eigenvalue weighted by Crippen LogP contribution is -2.49. The minimum atomic E-state index is -0.166. The third-order valence-electron chi connectivity index (χ3n) is 3.74. The maximum absolute atomic E-state index is 12.1. The molecule has 1 heterocycles. The summed E-state index contributed by atoms with van der Waals surface area (Å²) in [4.78, 5) is 27.7. The van der Waals surface area contributed by atoms with Gasteiger partial charge in [0.2, 0.25) is 11.8 Å². The van der Waals surface area contributed by atoms with Crippen molar-refractivity contribution in [1.82, 2.24) is 15.1 Å². The molecular weight excluding hydrogens is 316 g/mol. The quantitative estimate of drug-likeness (QED) is 0.839. The Labute approximate surface area is 141 Å². The summed E-state index contributed by atoms with van der Waals surface area (Å²) in [7, 11) is 1.77. The second-order valence-corrected chi connectivity index (χ2v) is 6.22. The molecule has 0 bridgehead atoms. The highest BCUT2D eigenvalue weighted by atomic mass is 35.5. The normalized spacial score (nSPS) is 14.9. The van der Waals surface area contributed by atoms with Gasteiger partial charge in [-0.2, -0.15) is 0 Å². The lowest BCUT2D eigenvalue weighted by Gasteiger charge is -2.29. The molecule has 0 radical (unpaired) electrons. The van der Waals surface area contributed by atoms with Crippen LogP contribution in [0.3, 0.4) is 0 Å². The third kappa shape index (κ3) is 5.49. The summed E-state index contributed by atoms with van der Waals surface area (Å²) in [6, 6.07) is 5.39. The zero-order valence-corrected chi connectivity index (χ0v) is 14.3. The van der Waals surface area contributed by atoms with Gasteiger partial charge in [-0.15, -0.1) is 0 Å². The van der Waals surface area contributed by atoms with Gasteiger partial charge in [-0.05, 0) is 31.7 Å². The molecule has 0 saturated carbocycles. The fourth-order valence-electron chi connectivity index (χ4n) is 2.42. The van der Waals surface area contributed by atoms with Crippen molar-refractivity contribution >= 4 is 29.1 Å². The fourth-order valence-corrected chi connectivity index (χ4v) is 2.60. The number of anilines is 1. The summed E-state index contributed by atoms with van der Waals surface area (Å²) in [5.74, 6) is -0.110. The van der Waals surface area contributed by atoms with E-state index in [4.69, 9.17) is 11.6 Å². The first-order chi connectivity index (χ1) is 11.0. The summed E-state index contributed by atoms with van der Waals surface area (Å²) in [6.45, 7) is 5.39. The van der Waals surface area contributed by atoms with Crippen molar-refractivity contribution in [2.45, 2.75) is 6.92 Å². The van der Waals surface area contributed by atoms with E-state index < -0.39 is 0 Å². The molecule has 2 amide bonds. The van der Waals surface area contributed by atoms with Crippen molar-refractivity contribution in [1.29, 1.82) is 0 Å². The van der Waals surface area contributed by atoms with Crippen LogP contribution >= 0.6 is 11.6 Å². The molecule has 1 aliphatic heterocycles. The van der Waals surface area contributed by atoms with Gasteiger partial charge in [0.15, 0.2) is 0 Å². The maximum atomic E-state index is 12.1. The van der Waals surface area contributed by atoms with E-state index in [-0.39, 0.29) is 24.9 Å². The smallest absolute Gasteiger partial charge is 0.238 e. The minimum Gasteiger partial charge on any atom is -0.339 e.